The third-order valence-corrected chi connectivity index (χ3v) is 3.53. The topological polar surface area (TPSA) is 92.4 Å². The van der Waals surface area contributed by atoms with Crippen LogP contribution in [-0.2, 0) is 9.59 Å². The number of carboxylic acids is 1. The molecule has 1 saturated carbocycles. The summed E-state index contributed by atoms with van der Waals surface area (Å²) in [7, 11) is 0. The molecule has 1 amide bonds. The first-order chi connectivity index (χ1) is 7.55. The highest BCUT2D eigenvalue weighted by atomic mass is 16.4. The number of nitrogens with one attached hydrogen (secondary N) is 1. The lowest BCUT2D eigenvalue weighted by Gasteiger charge is -2.39. The second kappa shape index (κ2) is 5.30. The largest absolute Gasteiger partial charge is 0.481 e. The summed E-state index contributed by atoms with van der Waals surface area (Å²) in [6, 6.07) is 0. The summed E-state index contributed by atoms with van der Waals surface area (Å²) in [5, 5.41) is 11.6. The summed E-state index contributed by atoms with van der Waals surface area (Å²) in [6.45, 7) is 2.35. The molecule has 1 aliphatic carbocycles. The molecule has 0 aliphatic heterocycles. The number of rotatable bonds is 6. The molecule has 1 atom stereocenters. The van der Waals surface area contributed by atoms with Crippen LogP contribution in [-0.4, -0.2) is 30.1 Å². The Balaban J connectivity index is 2.42. The van der Waals surface area contributed by atoms with Gasteiger partial charge in [-0.15, -0.1) is 0 Å². The Morgan fingerprint density at radius 3 is 2.44 bits per heavy atom. The average molecular weight is 228 g/mol. The maximum Gasteiger partial charge on any atom is 0.308 e. The molecule has 5 nitrogen and oxygen atoms in total. The molecule has 1 fully saturated rings. The molecule has 4 N–H and O–H groups in total. The lowest BCUT2D eigenvalue weighted by molar-refractivity contribution is -0.142. The van der Waals surface area contributed by atoms with Crippen LogP contribution in [0.15, 0.2) is 0 Å². The Kier molecular flexibility index (Phi) is 4.29. The van der Waals surface area contributed by atoms with Gasteiger partial charge in [0.25, 0.3) is 0 Å². The van der Waals surface area contributed by atoms with Gasteiger partial charge in [0.05, 0.1) is 11.3 Å². The number of amides is 1. The lowest BCUT2D eigenvalue weighted by atomic mass is 9.68. The van der Waals surface area contributed by atoms with Crippen LogP contribution >= 0.6 is 0 Å². The van der Waals surface area contributed by atoms with Crippen LogP contribution in [0.1, 0.15) is 32.6 Å². The van der Waals surface area contributed by atoms with Crippen LogP contribution < -0.4 is 11.1 Å². The summed E-state index contributed by atoms with van der Waals surface area (Å²) < 4.78 is 0. The van der Waals surface area contributed by atoms with E-state index in [0.29, 0.717) is 13.0 Å². The first-order valence-electron chi connectivity index (χ1n) is 5.77. The van der Waals surface area contributed by atoms with E-state index < -0.39 is 17.3 Å². The third-order valence-electron chi connectivity index (χ3n) is 3.53. The van der Waals surface area contributed by atoms with Gasteiger partial charge in [0.1, 0.15) is 0 Å². The fourth-order valence-corrected chi connectivity index (χ4v) is 1.94. The number of hydrogen-bond acceptors (Lipinski definition) is 3. The van der Waals surface area contributed by atoms with Crippen molar-refractivity contribution in [1.29, 1.82) is 0 Å². The second-order valence-electron chi connectivity index (χ2n) is 4.49. The fourth-order valence-electron chi connectivity index (χ4n) is 1.94. The van der Waals surface area contributed by atoms with Gasteiger partial charge in [0.2, 0.25) is 5.91 Å². The van der Waals surface area contributed by atoms with Crippen molar-refractivity contribution in [2.24, 2.45) is 17.1 Å². The van der Waals surface area contributed by atoms with Gasteiger partial charge in [-0.1, -0.05) is 13.3 Å². The van der Waals surface area contributed by atoms with Gasteiger partial charge in [-0.2, -0.15) is 0 Å². The molecular formula is C11H20N2O3. The van der Waals surface area contributed by atoms with Gasteiger partial charge in [-0.3, -0.25) is 9.59 Å². The predicted molar refractivity (Wildman–Crippen MR) is 59.8 cm³/mol. The number of carbonyl (C=O) groups is 2. The molecule has 0 heterocycles. The molecule has 1 unspecified atom stereocenters. The van der Waals surface area contributed by atoms with Crippen LogP contribution in [0.4, 0.5) is 0 Å². The first-order valence-corrected chi connectivity index (χ1v) is 5.77. The van der Waals surface area contributed by atoms with E-state index in [4.69, 9.17) is 10.8 Å². The third kappa shape index (κ3) is 2.52. The van der Waals surface area contributed by atoms with Crippen molar-refractivity contribution in [2.45, 2.75) is 32.6 Å². The normalized spacial score (nSPS) is 19.6. The van der Waals surface area contributed by atoms with Crippen molar-refractivity contribution >= 4 is 11.9 Å². The Labute approximate surface area is 95.4 Å². The minimum absolute atomic E-state index is 0.0825. The van der Waals surface area contributed by atoms with Gasteiger partial charge >= 0.3 is 5.97 Å². The summed E-state index contributed by atoms with van der Waals surface area (Å²) >= 11 is 0. The van der Waals surface area contributed by atoms with E-state index in [-0.39, 0.29) is 12.5 Å². The van der Waals surface area contributed by atoms with Crippen molar-refractivity contribution in [3.63, 3.8) is 0 Å². The van der Waals surface area contributed by atoms with Gasteiger partial charge in [-0.05, 0) is 19.3 Å². The highest BCUT2D eigenvalue weighted by Gasteiger charge is 2.42. The van der Waals surface area contributed by atoms with E-state index >= 15 is 0 Å². The molecule has 0 bridgehead atoms. The van der Waals surface area contributed by atoms with Crippen LogP contribution in [0, 0.1) is 11.3 Å². The molecule has 1 aliphatic rings. The highest BCUT2D eigenvalue weighted by Crippen LogP contribution is 2.39. The number of hydrogen-bond donors (Lipinski definition) is 3. The molecule has 16 heavy (non-hydrogen) atoms. The lowest BCUT2D eigenvalue weighted by Crippen LogP contribution is -2.51. The monoisotopic (exact) mass is 228 g/mol. The minimum atomic E-state index is -0.863. The van der Waals surface area contributed by atoms with Gasteiger partial charge < -0.3 is 16.2 Å². The SMILES string of the molecule is CCC(CNC(=O)C1(CN)CCC1)C(=O)O. The van der Waals surface area contributed by atoms with Crippen molar-refractivity contribution in [3.8, 4) is 0 Å². The quantitative estimate of drug-likeness (QED) is 0.611. The zero-order chi connectivity index (χ0) is 12.2. The number of carbonyl (C=O) groups excluding carboxylic acids is 1. The molecule has 92 valence electrons. The standard InChI is InChI=1S/C11H20N2O3/c1-2-8(9(14)15)6-13-10(16)11(7-12)4-3-5-11/h8H,2-7,12H2,1H3,(H,13,16)(H,14,15). The molecule has 0 aromatic rings. The molecule has 0 saturated heterocycles. The van der Waals surface area contributed by atoms with E-state index in [1.165, 1.54) is 0 Å². The van der Waals surface area contributed by atoms with E-state index in [2.05, 4.69) is 5.32 Å². The van der Waals surface area contributed by atoms with Crippen LogP contribution in [0.2, 0.25) is 0 Å². The Bertz CT molecular complexity index is 269. The number of aliphatic carboxylic acids is 1. The van der Waals surface area contributed by atoms with E-state index in [9.17, 15) is 9.59 Å². The van der Waals surface area contributed by atoms with Crippen molar-refractivity contribution < 1.29 is 14.7 Å². The smallest absolute Gasteiger partial charge is 0.308 e. The van der Waals surface area contributed by atoms with E-state index in [1.54, 1.807) is 6.92 Å². The molecule has 0 aromatic heterocycles. The number of carboxylic acid groups (broad SMARTS) is 1. The molecular weight excluding hydrogens is 208 g/mol. The highest BCUT2D eigenvalue weighted by molar-refractivity contribution is 5.84. The minimum Gasteiger partial charge on any atom is -0.481 e. The maximum absolute atomic E-state index is 11.8. The van der Waals surface area contributed by atoms with E-state index in [1.807, 2.05) is 0 Å². The summed E-state index contributed by atoms with van der Waals surface area (Å²) in [5.41, 5.74) is 5.17. The van der Waals surface area contributed by atoms with E-state index in [0.717, 1.165) is 19.3 Å². The van der Waals surface area contributed by atoms with Crippen molar-refractivity contribution in [1.82, 2.24) is 5.32 Å². The van der Waals surface area contributed by atoms with Crippen molar-refractivity contribution in [3.05, 3.63) is 0 Å². The molecule has 1 rings (SSSR count). The second-order valence-corrected chi connectivity index (χ2v) is 4.49. The summed E-state index contributed by atoms with van der Waals surface area (Å²) in [4.78, 5) is 22.6. The molecule has 0 radical (unpaired) electrons. The Morgan fingerprint density at radius 1 is 1.50 bits per heavy atom. The van der Waals surface area contributed by atoms with Gasteiger partial charge in [0.15, 0.2) is 0 Å². The van der Waals surface area contributed by atoms with Crippen LogP contribution in [0.25, 0.3) is 0 Å². The zero-order valence-electron chi connectivity index (χ0n) is 9.66. The van der Waals surface area contributed by atoms with Gasteiger partial charge in [0, 0.05) is 13.1 Å². The Morgan fingerprint density at radius 2 is 2.12 bits per heavy atom. The maximum atomic E-state index is 11.8. The average Bonchev–Trinajstić information content (AvgIpc) is 2.17. The zero-order valence-corrected chi connectivity index (χ0v) is 9.66. The molecule has 5 heteroatoms. The van der Waals surface area contributed by atoms with Crippen molar-refractivity contribution in [2.75, 3.05) is 13.1 Å². The predicted octanol–water partition coefficient (Wildman–Crippen LogP) is 0.342. The molecule has 0 aromatic carbocycles. The van der Waals surface area contributed by atoms with Gasteiger partial charge in [-0.25, -0.2) is 0 Å². The van der Waals surface area contributed by atoms with Crippen LogP contribution in [0.5, 0.6) is 0 Å². The molecule has 0 spiro atoms. The van der Waals surface area contributed by atoms with Crippen LogP contribution in [0.3, 0.4) is 0 Å². The fraction of sp³-hybridized carbons (Fsp3) is 0.818. The Hall–Kier alpha value is -1.10. The first kappa shape index (κ1) is 13.0. The number of nitrogens with two attached hydrogens (primary N) is 1. The summed E-state index contributed by atoms with van der Waals surface area (Å²) in [5.74, 6) is -1.45. The summed E-state index contributed by atoms with van der Waals surface area (Å²) in [6.07, 6.45) is 3.18.